The van der Waals surface area contributed by atoms with Crippen molar-refractivity contribution in [2.24, 2.45) is 7.05 Å². The van der Waals surface area contributed by atoms with E-state index < -0.39 is 0 Å². The molecule has 0 saturated heterocycles. The number of fused-ring (bicyclic) bond motifs is 1. The highest BCUT2D eigenvalue weighted by Gasteiger charge is 2.15. The van der Waals surface area contributed by atoms with Crippen LogP contribution in [0.15, 0.2) is 53.3 Å². The Hall–Kier alpha value is -2.89. The van der Waals surface area contributed by atoms with Crippen molar-refractivity contribution in [1.82, 2.24) is 14.5 Å². The van der Waals surface area contributed by atoms with Gasteiger partial charge in [-0.15, -0.1) is 0 Å². The molecule has 0 aliphatic carbocycles. The molecule has 3 aromatic rings. The lowest BCUT2D eigenvalue weighted by Crippen LogP contribution is -2.34. The van der Waals surface area contributed by atoms with Crippen LogP contribution in [0.2, 0.25) is 0 Å². The maximum absolute atomic E-state index is 13.3. The van der Waals surface area contributed by atoms with Crippen LogP contribution in [0.1, 0.15) is 18.5 Å². The summed E-state index contributed by atoms with van der Waals surface area (Å²) in [6, 6.07) is 13.0. The van der Waals surface area contributed by atoms with Crippen molar-refractivity contribution in [3.8, 4) is 0 Å². The van der Waals surface area contributed by atoms with Crippen molar-refractivity contribution < 1.29 is 9.18 Å². The summed E-state index contributed by atoms with van der Waals surface area (Å²) in [4.78, 5) is 24.6. The summed E-state index contributed by atoms with van der Waals surface area (Å²) in [5, 5.41) is 2.80. The average molecular weight is 327 g/mol. The van der Waals surface area contributed by atoms with Gasteiger partial charge in [0, 0.05) is 7.05 Å². The van der Waals surface area contributed by atoms with Crippen LogP contribution in [0.25, 0.3) is 11.0 Å². The number of carbonyl (C=O) groups is 1. The van der Waals surface area contributed by atoms with Crippen LogP contribution < -0.4 is 11.0 Å². The fraction of sp³-hybridized carbons (Fsp3) is 0.222. The molecule has 0 fully saturated rings. The standard InChI is InChI=1S/C18H18FN3O2/c1-12(13-6-5-7-14(19)10-13)20-17(23)11-22-16-9-4-3-8-15(16)21(2)18(22)24/h3-10,12H,11H2,1-2H3,(H,20,23). The molecule has 0 spiro atoms. The monoisotopic (exact) mass is 327 g/mol. The Morgan fingerprint density at radius 2 is 1.88 bits per heavy atom. The van der Waals surface area contributed by atoms with Crippen molar-refractivity contribution in [2.45, 2.75) is 19.5 Å². The second kappa shape index (κ2) is 6.31. The molecule has 1 atom stereocenters. The molecule has 3 rings (SSSR count). The van der Waals surface area contributed by atoms with E-state index >= 15 is 0 Å². The number of para-hydroxylation sites is 2. The molecule has 1 amide bonds. The molecule has 1 heterocycles. The summed E-state index contributed by atoms with van der Waals surface area (Å²) in [7, 11) is 1.68. The third-order valence-corrected chi connectivity index (χ3v) is 4.08. The molecule has 0 bridgehead atoms. The van der Waals surface area contributed by atoms with Gasteiger partial charge in [-0.05, 0) is 36.8 Å². The van der Waals surface area contributed by atoms with E-state index in [1.165, 1.54) is 21.3 Å². The summed E-state index contributed by atoms with van der Waals surface area (Å²) < 4.78 is 16.2. The molecule has 1 unspecified atom stereocenters. The number of nitrogens with one attached hydrogen (secondary N) is 1. The van der Waals surface area contributed by atoms with E-state index in [1.807, 2.05) is 18.2 Å². The van der Waals surface area contributed by atoms with Crippen molar-refractivity contribution in [3.63, 3.8) is 0 Å². The largest absolute Gasteiger partial charge is 0.348 e. The summed E-state index contributed by atoms with van der Waals surface area (Å²) >= 11 is 0. The van der Waals surface area contributed by atoms with Gasteiger partial charge in [-0.3, -0.25) is 13.9 Å². The number of hydrogen-bond donors (Lipinski definition) is 1. The Morgan fingerprint density at radius 3 is 2.58 bits per heavy atom. The van der Waals surface area contributed by atoms with E-state index in [-0.39, 0.29) is 30.0 Å². The third kappa shape index (κ3) is 2.95. The first kappa shape index (κ1) is 16.0. The zero-order valence-electron chi connectivity index (χ0n) is 13.5. The van der Waals surface area contributed by atoms with Crippen LogP contribution >= 0.6 is 0 Å². The predicted molar refractivity (Wildman–Crippen MR) is 90.1 cm³/mol. The molecule has 0 aliphatic rings. The molecule has 0 saturated carbocycles. The number of hydrogen-bond acceptors (Lipinski definition) is 2. The van der Waals surface area contributed by atoms with Crippen molar-refractivity contribution in [2.75, 3.05) is 0 Å². The summed E-state index contributed by atoms with van der Waals surface area (Å²) in [5.41, 5.74) is 1.91. The zero-order chi connectivity index (χ0) is 17.3. The van der Waals surface area contributed by atoms with Crippen molar-refractivity contribution >= 4 is 16.9 Å². The van der Waals surface area contributed by atoms with Gasteiger partial charge in [0.25, 0.3) is 0 Å². The molecule has 0 aliphatic heterocycles. The number of carbonyl (C=O) groups excluding carboxylic acids is 1. The van der Waals surface area contributed by atoms with Gasteiger partial charge >= 0.3 is 5.69 Å². The molecular weight excluding hydrogens is 309 g/mol. The normalized spacial score (nSPS) is 12.3. The number of amides is 1. The quantitative estimate of drug-likeness (QED) is 0.800. The van der Waals surface area contributed by atoms with Gasteiger partial charge < -0.3 is 5.32 Å². The van der Waals surface area contributed by atoms with Crippen molar-refractivity contribution in [1.29, 1.82) is 0 Å². The van der Waals surface area contributed by atoms with Crippen molar-refractivity contribution in [3.05, 3.63) is 70.4 Å². The van der Waals surface area contributed by atoms with E-state index in [9.17, 15) is 14.0 Å². The number of imidazole rings is 1. The predicted octanol–water partition coefficient (Wildman–Crippen LogP) is 2.36. The Bertz CT molecular complexity index is 958. The lowest BCUT2D eigenvalue weighted by Gasteiger charge is -2.14. The van der Waals surface area contributed by atoms with E-state index in [0.717, 1.165) is 5.52 Å². The Labute approximate surface area is 138 Å². The zero-order valence-corrected chi connectivity index (χ0v) is 13.5. The molecule has 1 aromatic heterocycles. The first-order valence-corrected chi connectivity index (χ1v) is 7.66. The van der Waals surface area contributed by atoms with Crippen LogP contribution in [0, 0.1) is 5.82 Å². The average Bonchev–Trinajstić information content (AvgIpc) is 2.80. The molecule has 6 heteroatoms. The Morgan fingerprint density at radius 1 is 1.17 bits per heavy atom. The topological polar surface area (TPSA) is 56.0 Å². The van der Waals surface area contributed by atoms with Gasteiger partial charge in [-0.1, -0.05) is 24.3 Å². The van der Waals surface area contributed by atoms with E-state index in [2.05, 4.69) is 5.32 Å². The number of benzene rings is 2. The van der Waals surface area contributed by atoms with Crippen LogP contribution in [-0.4, -0.2) is 15.0 Å². The minimum absolute atomic E-state index is 0.0835. The smallest absolute Gasteiger partial charge is 0.329 e. The molecule has 124 valence electrons. The third-order valence-electron chi connectivity index (χ3n) is 4.08. The van der Waals surface area contributed by atoms with Crippen LogP contribution in [-0.2, 0) is 18.4 Å². The molecule has 0 radical (unpaired) electrons. The van der Waals surface area contributed by atoms with Gasteiger partial charge in [-0.25, -0.2) is 9.18 Å². The minimum atomic E-state index is -0.348. The second-order valence-electron chi connectivity index (χ2n) is 5.76. The maximum atomic E-state index is 13.3. The van der Waals surface area contributed by atoms with E-state index in [1.54, 1.807) is 32.2 Å². The van der Waals surface area contributed by atoms with Gasteiger partial charge in [0.1, 0.15) is 12.4 Å². The van der Waals surface area contributed by atoms with E-state index in [0.29, 0.717) is 11.1 Å². The highest BCUT2D eigenvalue weighted by molar-refractivity contribution is 5.81. The molecule has 2 aromatic carbocycles. The van der Waals surface area contributed by atoms with Gasteiger partial charge in [0.2, 0.25) is 5.91 Å². The first-order chi connectivity index (χ1) is 11.5. The highest BCUT2D eigenvalue weighted by Crippen LogP contribution is 2.14. The fourth-order valence-corrected chi connectivity index (χ4v) is 2.81. The molecule has 5 nitrogen and oxygen atoms in total. The summed E-state index contributed by atoms with van der Waals surface area (Å²) in [5.74, 6) is -0.649. The van der Waals surface area contributed by atoms with Gasteiger partial charge in [0.05, 0.1) is 17.1 Å². The summed E-state index contributed by atoms with van der Waals surface area (Å²) in [6.45, 7) is 1.69. The number of nitrogens with zero attached hydrogens (tertiary/aromatic N) is 2. The Balaban J connectivity index is 1.81. The van der Waals surface area contributed by atoms with Gasteiger partial charge in [0.15, 0.2) is 0 Å². The SMILES string of the molecule is CC(NC(=O)Cn1c(=O)n(C)c2ccccc21)c1cccc(F)c1. The van der Waals surface area contributed by atoms with Crippen LogP contribution in [0.4, 0.5) is 4.39 Å². The number of rotatable bonds is 4. The Kier molecular flexibility index (Phi) is 4.20. The number of aromatic nitrogens is 2. The minimum Gasteiger partial charge on any atom is -0.348 e. The molecular formula is C18H18FN3O2. The van der Waals surface area contributed by atoms with Gasteiger partial charge in [-0.2, -0.15) is 0 Å². The second-order valence-corrected chi connectivity index (χ2v) is 5.76. The first-order valence-electron chi connectivity index (χ1n) is 7.66. The van der Waals surface area contributed by atoms with Crippen LogP contribution in [0.3, 0.4) is 0 Å². The highest BCUT2D eigenvalue weighted by atomic mass is 19.1. The number of aryl methyl sites for hydroxylation is 1. The lowest BCUT2D eigenvalue weighted by atomic mass is 10.1. The maximum Gasteiger partial charge on any atom is 0.329 e. The summed E-state index contributed by atoms with van der Waals surface area (Å²) in [6.07, 6.45) is 0. The van der Waals surface area contributed by atoms with Crippen LogP contribution in [0.5, 0.6) is 0 Å². The molecule has 24 heavy (non-hydrogen) atoms. The number of halogens is 1. The van der Waals surface area contributed by atoms with E-state index in [4.69, 9.17) is 0 Å². The lowest BCUT2D eigenvalue weighted by molar-refractivity contribution is -0.122. The molecule has 1 N–H and O–H groups in total. The fourth-order valence-electron chi connectivity index (χ4n) is 2.81.